The lowest BCUT2D eigenvalue weighted by molar-refractivity contribution is -0.131. The summed E-state index contributed by atoms with van der Waals surface area (Å²) in [6.45, 7) is 4.14. The first kappa shape index (κ1) is 31.4. The summed E-state index contributed by atoms with van der Waals surface area (Å²) in [6, 6.07) is -0.700. The third-order valence-electron chi connectivity index (χ3n) is 6.48. The number of hydrogen-bond acceptors (Lipinski definition) is 4. The van der Waals surface area contributed by atoms with Crippen molar-refractivity contribution in [1.29, 1.82) is 0 Å². The van der Waals surface area contributed by atoms with Gasteiger partial charge in [0, 0.05) is 0 Å². The van der Waals surface area contributed by atoms with E-state index in [1.54, 1.807) is 0 Å². The van der Waals surface area contributed by atoms with Crippen LogP contribution in [0.5, 0.6) is 0 Å². The van der Waals surface area contributed by atoms with Gasteiger partial charge < -0.3 is 20.6 Å². The number of hydrogen-bond donors (Lipinski definition) is 4. The minimum absolute atomic E-state index is 0.310. The van der Waals surface area contributed by atoms with Gasteiger partial charge in [-0.25, -0.2) is 0 Å². The Morgan fingerprint density at radius 3 is 1.41 bits per heavy atom. The molecule has 1 amide bonds. The van der Waals surface area contributed by atoms with Crippen LogP contribution in [0.25, 0.3) is 0 Å². The van der Waals surface area contributed by atoms with Gasteiger partial charge >= 0.3 is 0 Å². The van der Waals surface area contributed by atoms with Gasteiger partial charge in [-0.1, -0.05) is 129 Å². The van der Waals surface area contributed by atoms with Crippen LogP contribution >= 0.6 is 0 Å². The maximum Gasteiger partial charge on any atom is 0.249 e. The van der Waals surface area contributed by atoms with Gasteiger partial charge in [0.05, 0.1) is 18.8 Å². The molecule has 3 unspecified atom stereocenters. The molecule has 0 aliphatic rings. The van der Waals surface area contributed by atoms with Crippen molar-refractivity contribution in [2.24, 2.45) is 0 Å². The fourth-order valence-corrected chi connectivity index (χ4v) is 4.19. The van der Waals surface area contributed by atoms with Gasteiger partial charge in [0.15, 0.2) is 0 Å². The van der Waals surface area contributed by atoms with Gasteiger partial charge in [0.2, 0.25) is 5.91 Å². The van der Waals surface area contributed by atoms with Crippen molar-refractivity contribution in [2.75, 3.05) is 6.61 Å². The Balaban J connectivity index is 3.80. The van der Waals surface area contributed by atoms with Gasteiger partial charge in [0.25, 0.3) is 0 Å². The normalized spacial score (nSPS) is 14.3. The Kier molecular flexibility index (Phi) is 23.0. The molecule has 0 rings (SSSR count). The monoisotopic (exact) mass is 457 g/mol. The molecule has 5 heteroatoms. The van der Waals surface area contributed by atoms with Gasteiger partial charge in [0.1, 0.15) is 6.10 Å². The van der Waals surface area contributed by atoms with E-state index >= 15 is 0 Å². The van der Waals surface area contributed by atoms with E-state index in [2.05, 4.69) is 19.2 Å². The van der Waals surface area contributed by atoms with Crippen LogP contribution in [0.15, 0.2) is 0 Å². The molecule has 0 aromatic rings. The van der Waals surface area contributed by atoms with Crippen LogP contribution in [0.4, 0.5) is 0 Å². The Labute approximate surface area is 198 Å². The molecule has 192 valence electrons. The molecule has 0 aromatic heterocycles. The van der Waals surface area contributed by atoms with Crippen LogP contribution in [-0.4, -0.2) is 46.1 Å². The zero-order chi connectivity index (χ0) is 23.9. The molecular weight excluding hydrogens is 402 g/mol. The summed E-state index contributed by atoms with van der Waals surface area (Å²) < 4.78 is 0. The molecule has 0 heterocycles. The fraction of sp³-hybridized carbons (Fsp3) is 0.963. The average Bonchev–Trinajstić information content (AvgIpc) is 2.79. The fourth-order valence-electron chi connectivity index (χ4n) is 4.19. The van der Waals surface area contributed by atoms with Crippen molar-refractivity contribution in [1.82, 2.24) is 5.32 Å². The van der Waals surface area contributed by atoms with E-state index in [9.17, 15) is 20.1 Å². The number of carbonyl (C=O) groups is 1. The highest BCUT2D eigenvalue weighted by Crippen LogP contribution is 2.14. The van der Waals surface area contributed by atoms with E-state index in [1.165, 1.54) is 83.5 Å². The molecule has 3 atom stereocenters. The molecule has 5 nitrogen and oxygen atoms in total. The molecule has 0 saturated heterocycles. The van der Waals surface area contributed by atoms with Crippen LogP contribution in [0.1, 0.15) is 142 Å². The van der Waals surface area contributed by atoms with E-state index in [1.807, 2.05) is 0 Å². The first-order valence-electron chi connectivity index (χ1n) is 13.8. The lowest BCUT2D eigenvalue weighted by atomic mass is 10.0. The highest BCUT2D eigenvalue weighted by molar-refractivity contribution is 5.80. The van der Waals surface area contributed by atoms with E-state index in [0.717, 1.165) is 32.1 Å². The van der Waals surface area contributed by atoms with Gasteiger partial charge in [-0.05, 0) is 12.8 Å². The molecular formula is C27H55NO4. The Morgan fingerprint density at radius 1 is 0.625 bits per heavy atom. The molecule has 0 aromatic carbocycles. The zero-order valence-corrected chi connectivity index (χ0v) is 21.3. The lowest BCUT2D eigenvalue weighted by Crippen LogP contribution is -2.49. The third-order valence-corrected chi connectivity index (χ3v) is 6.48. The predicted molar refractivity (Wildman–Crippen MR) is 135 cm³/mol. The highest BCUT2D eigenvalue weighted by Gasteiger charge is 2.23. The van der Waals surface area contributed by atoms with Crippen molar-refractivity contribution in [2.45, 2.75) is 161 Å². The molecule has 0 saturated carbocycles. The predicted octanol–water partition coefficient (Wildman–Crippen LogP) is 6.03. The topological polar surface area (TPSA) is 89.8 Å². The molecule has 0 bridgehead atoms. The van der Waals surface area contributed by atoms with Crippen LogP contribution < -0.4 is 5.32 Å². The minimum atomic E-state index is -1.06. The van der Waals surface area contributed by atoms with Crippen molar-refractivity contribution in [3.05, 3.63) is 0 Å². The Morgan fingerprint density at radius 2 is 1.00 bits per heavy atom. The number of carbonyl (C=O) groups excluding carboxylic acids is 1. The molecule has 0 aliphatic heterocycles. The van der Waals surface area contributed by atoms with Crippen molar-refractivity contribution >= 4 is 5.91 Å². The average molecular weight is 458 g/mol. The maximum absolute atomic E-state index is 12.2. The molecule has 0 fully saturated rings. The second-order valence-corrected chi connectivity index (χ2v) is 9.62. The second-order valence-electron chi connectivity index (χ2n) is 9.62. The third kappa shape index (κ3) is 18.9. The van der Waals surface area contributed by atoms with E-state index in [4.69, 9.17) is 0 Å². The number of nitrogens with one attached hydrogen (secondary N) is 1. The molecule has 0 aliphatic carbocycles. The van der Waals surface area contributed by atoms with Crippen molar-refractivity contribution in [3.8, 4) is 0 Å². The summed E-state index contributed by atoms with van der Waals surface area (Å²) in [6.07, 6.45) is 20.8. The Bertz CT molecular complexity index is 405. The molecule has 4 N–H and O–H groups in total. The summed E-state index contributed by atoms with van der Waals surface area (Å²) >= 11 is 0. The number of aliphatic hydroxyl groups is 3. The quantitative estimate of drug-likeness (QED) is 0.133. The standard InChI is InChI=1S/C27H55NO4/c1-3-5-7-9-11-13-15-17-19-21-25(30)24(23-29)28-27(32)26(31)22-20-18-16-14-12-10-8-6-4-2/h24-26,29-31H,3-23H2,1-2H3,(H,28,32). The second kappa shape index (κ2) is 23.5. The van der Waals surface area contributed by atoms with Crippen LogP contribution in [0.2, 0.25) is 0 Å². The Hall–Kier alpha value is -0.650. The smallest absolute Gasteiger partial charge is 0.249 e. The first-order valence-corrected chi connectivity index (χ1v) is 13.8. The van der Waals surface area contributed by atoms with Crippen LogP contribution in [-0.2, 0) is 4.79 Å². The van der Waals surface area contributed by atoms with Gasteiger partial charge in [-0.15, -0.1) is 0 Å². The summed E-state index contributed by atoms with van der Waals surface area (Å²) in [5.41, 5.74) is 0. The largest absolute Gasteiger partial charge is 0.394 e. The maximum atomic E-state index is 12.2. The summed E-state index contributed by atoms with van der Waals surface area (Å²) in [5.74, 6) is -0.477. The number of aliphatic hydroxyl groups excluding tert-OH is 3. The first-order chi connectivity index (χ1) is 15.6. The number of rotatable bonds is 24. The highest BCUT2D eigenvalue weighted by atomic mass is 16.3. The number of amides is 1. The number of unbranched alkanes of at least 4 members (excludes halogenated alkanes) is 16. The van der Waals surface area contributed by atoms with E-state index < -0.39 is 24.2 Å². The molecule has 32 heavy (non-hydrogen) atoms. The summed E-state index contributed by atoms with van der Waals surface area (Å²) in [7, 11) is 0. The van der Waals surface area contributed by atoms with E-state index in [-0.39, 0.29) is 6.61 Å². The lowest BCUT2D eigenvalue weighted by Gasteiger charge is -2.23. The van der Waals surface area contributed by atoms with E-state index in [0.29, 0.717) is 12.8 Å². The molecule has 0 radical (unpaired) electrons. The minimum Gasteiger partial charge on any atom is -0.394 e. The van der Waals surface area contributed by atoms with Crippen molar-refractivity contribution in [3.63, 3.8) is 0 Å². The zero-order valence-electron chi connectivity index (χ0n) is 21.3. The summed E-state index contributed by atoms with van der Waals surface area (Å²) in [4.78, 5) is 12.2. The summed E-state index contributed by atoms with van der Waals surface area (Å²) in [5, 5.41) is 32.7. The molecule has 0 spiro atoms. The van der Waals surface area contributed by atoms with Gasteiger partial charge in [-0.2, -0.15) is 0 Å². The van der Waals surface area contributed by atoms with Crippen molar-refractivity contribution < 1.29 is 20.1 Å². The van der Waals surface area contributed by atoms with Crippen LogP contribution in [0, 0.1) is 0 Å². The SMILES string of the molecule is CCCCCCCCCCCC(O)C(=O)NC(CO)C(O)CCCCCCCCCCC. The van der Waals surface area contributed by atoms with Gasteiger partial charge in [-0.3, -0.25) is 4.79 Å². The van der Waals surface area contributed by atoms with Crippen LogP contribution in [0.3, 0.4) is 0 Å².